The normalized spacial score (nSPS) is 13.1. The molecule has 1 heterocycles. The topological polar surface area (TPSA) is 8.17 Å². The minimum Gasteiger partial charge on any atom is -0.311 e. The van der Waals surface area contributed by atoms with E-state index in [4.69, 9.17) is 0 Å². The van der Waals surface area contributed by atoms with Crippen LogP contribution in [0.25, 0.3) is 62.9 Å². The highest BCUT2D eigenvalue weighted by Gasteiger charge is 2.38. The van der Waals surface area contributed by atoms with Gasteiger partial charge >= 0.3 is 0 Å². The third kappa shape index (κ3) is 6.16. The maximum Gasteiger partial charge on any atom is 0.0588 e. The van der Waals surface area contributed by atoms with E-state index < -0.39 is 0 Å². The fourth-order valence-electron chi connectivity index (χ4n) is 8.75. The van der Waals surface area contributed by atoms with E-state index in [1.807, 2.05) is 0 Å². The first-order valence-electron chi connectivity index (χ1n) is 19.8. The number of rotatable bonds is 8. The Morgan fingerprint density at radius 2 is 0.912 bits per heavy atom. The third-order valence-corrected chi connectivity index (χ3v) is 11.5. The lowest BCUT2D eigenvalue weighted by Crippen LogP contribution is -2.16. The first-order valence-corrected chi connectivity index (χ1v) is 19.8. The molecule has 0 unspecified atom stereocenters. The van der Waals surface area contributed by atoms with Gasteiger partial charge in [-0.05, 0) is 99.1 Å². The zero-order valence-corrected chi connectivity index (χ0v) is 32.2. The minimum atomic E-state index is -0.190. The SMILES string of the molecule is CC1(C)c2cc(C=Cc3ccccc3)ccc2-c2ccc3c4ccccc4n(-c4ccc(C=Cc5ccc(N(c6ccccc6)c6ccccc6)cc5)cc4)c3c21. The number of hydrogen-bond acceptors (Lipinski definition) is 1. The fraction of sp³-hybridized carbons (Fsp3) is 0.0545. The Labute approximate surface area is 334 Å². The van der Waals surface area contributed by atoms with Crippen LogP contribution < -0.4 is 4.90 Å². The van der Waals surface area contributed by atoms with Crippen molar-refractivity contribution in [3.8, 4) is 16.8 Å². The van der Waals surface area contributed by atoms with Crippen molar-refractivity contribution >= 4 is 63.2 Å². The van der Waals surface area contributed by atoms with Crippen molar-refractivity contribution in [1.29, 1.82) is 0 Å². The Morgan fingerprint density at radius 1 is 0.421 bits per heavy atom. The van der Waals surface area contributed by atoms with Crippen molar-refractivity contribution < 1.29 is 0 Å². The summed E-state index contributed by atoms with van der Waals surface area (Å²) in [6.45, 7) is 4.79. The molecule has 1 aliphatic carbocycles. The maximum atomic E-state index is 2.49. The van der Waals surface area contributed by atoms with Crippen LogP contribution in [0, 0.1) is 0 Å². The Bertz CT molecular complexity index is 2890. The van der Waals surface area contributed by atoms with Gasteiger partial charge in [0.15, 0.2) is 0 Å². The van der Waals surface area contributed by atoms with Gasteiger partial charge < -0.3 is 9.47 Å². The van der Waals surface area contributed by atoms with E-state index in [1.54, 1.807) is 0 Å². The van der Waals surface area contributed by atoms with Gasteiger partial charge in [0.25, 0.3) is 0 Å². The van der Waals surface area contributed by atoms with Crippen LogP contribution in [-0.2, 0) is 5.41 Å². The van der Waals surface area contributed by atoms with Gasteiger partial charge in [0.05, 0.1) is 11.0 Å². The summed E-state index contributed by atoms with van der Waals surface area (Å²) < 4.78 is 2.49. The molecule has 1 aliphatic rings. The van der Waals surface area contributed by atoms with Crippen molar-refractivity contribution in [3.63, 3.8) is 0 Å². The summed E-state index contributed by atoms with van der Waals surface area (Å²) in [4.78, 5) is 2.29. The molecular formula is C55H42N2. The fourth-order valence-corrected chi connectivity index (χ4v) is 8.75. The highest BCUT2D eigenvalue weighted by molar-refractivity contribution is 6.13. The maximum absolute atomic E-state index is 2.49. The van der Waals surface area contributed by atoms with Gasteiger partial charge in [0.1, 0.15) is 0 Å². The van der Waals surface area contributed by atoms with Crippen LogP contribution in [0.15, 0.2) is 194 Å². The zero-order chi connectivity index (χ0) is 38.3. The second-order valence-electron chi connectivity index (χ2n) is 15.4. The summed E-state index contributed by atoms with van der Waals surface area (Å²) >= 11 is 0. The third-order valence-electron chi connectivity index (χ3n) is 11.5. The summed E-state index contributed by atoms with van der Waals surface area (Å²) in [5, 5.41) is 2.57. The molecule has 0 aliphatic heterocycles. The summed E-state index contributed by atoms with van der Waals surface area (Å²) in [5.41, 5.74) is 17.0. The lowest BCUT2D eigenvalue weighted by Gasteiger charge is -2.25. The Balaban J connectivity index is 0.978. The molecule has 0 atom stereocenters. The van der Waals surface area contributed by atoms with Crippen molar-refractivity contribution in [1.82, 2.24) is 4.57 Å². The number of benzene rings is 8. The van der Waals surface area contributed by atoms with Gasteiger partial charge in [-0.3, -0.25) is 0 Å². The molecule has 0 spiro atoms. The highest BCUT2D eigenvalue weighted by Crippen LogP contribution is 2.53. The van der Waals surface area contributed by atoms with E-state index in [2.05, 4.69) is 242 Å². The average molecular weight is 731 g/mol. The van der Waals surface area contributed by atoms with Crippen molar-refractivity contribution in [2.75, 3.05) is 4.90 Å². The van der Waals surface area contributed by atoms with Crippen molar-refractivity contribution in [3.05, 3.63) is 228 Å². The lowest BCUT2D eigenvalue weighted by atomic mass is 9.81. The van der Waals surface area contributed by atoms with Crippen LogP contribution in [0.1, 0.15) is 47.2 Å². The standard InChI is InChI=1S/C55H42N2/c1-55(2)51-38-42(25-24-39-14-6-3-7-15-39)30-35-47(51)49-36-37-50-48-20-12-13-21-52(48)57(54(50)53(49)55)46-33-28-41(29-34-46)23-22-40-26-31-45(32-27-40)56(43-16-8-4-9-17-43)44-18-10-5-11-19-44/h3-38H,1-2H3. The molecule has 2 heteroatoms. The van der Waals surface area contributed by atoms with E-state index >= 15 is 0 Å². The first-order chi connectivity index (χ1) is 28.0. The Morgan fingerprint density at radius 3 is 1.56 bits per heavy atom. The average Bonchev–Trinajstić information content (AvgIpc) is 3.72. The molecule has 0 bridgehead atoms. The van der Waals surface area contributed by atoms with E-state index in [-0.39, 0.29) is 5.41 Å². The molecule has 0 amide bonds. The largest absolute Gasteiger partial charge is 0.311 e. The number of aromatic nitrogens is 1. The molecule has 1 aromatic heterocycles. The molecule has 57 heavy (non-hydrogen) atoms. The summed E-state index contributed by atoms with van der Waals surface area (Å²) in [7, 11) is 0. The molecule has 9 aromatic rings. The van der Waals surface area contributed by atoms with Gasteiger partial charge in [0.2, 0.25) is 0 Å². The summed E-state index contributed by atoms with van der Waals surface area (Å²) in [6.07, 6.45) is 8.84. The minimum absolute atomic E-state index is 0.190. The van der Waals surface area contributed by atoms with Crippen LogP contribution in [-0.4, -0.2) is 4.57 Å². The molecule has 0 N–H and O–H groups in total. The quantitative estimate of drug-likeness (QED) is 0.141. The molecule has 0 radical (unpaired) electrons. The lowest BCUT2D eigenvalue weighted by molar-refractivity contribution is 0.663. The molecule has 0 saturated carbocycles. The Hall–Kier alpha value is -7.16. The highest BCUT2D eigenvalue weighted by atomic mass is 15.1. The van der Waals surface area contributed by atoms with E-state index in [1.165, 1.54) is 55.2 Å². The predicted molar refractivity (Wildman–Crippen MR) is 244 cm³/mol. The molecule has 10 rings (SSSR count). The number of anilines is 3. The van der Waals surface area contributed by atoms with Crippen LogP contribution in [0.4, 0.5) is 17.1 Å². The molecule has 8 aromatic carbocycles. The van der Waals surface area contributed by atoms with E-state index in [9.17, 15) is 0 Å². The Kier molecular flexibility index (Phi) is 8.53. The molecule has 0 fully saturated rings. The molecule has 0 saturated heterocycles. The van der Waals surface area contributed by atoms with Crippen molar-refractivity contribution in [2.45, 2.75) is 19.3 Å². The second kappa shape index (κ2) is 14.2. The van der Waals surface area contributed by atoms with E-state index in [0.717, 1.165) is 33.9 Å². The van der Waals surface area contributed by atoms with Crippen molar-refractivity contribution in [2.24, 2.45) is 0 Å². The number of hydrogen-bond donors (Lipinski definition) is 0. The van der Waals surface area contributed by atoms with Gasteiger partial charge in [-0.1, -0.05) is 178 Å². The van der Waals surface area contributed by atoms with Crippen LogP contribution >= 0.6 is 0 Å². The van der Waals surface area contributed by atoms with Gasteiger partial charge in [0, 0.05) is 38.9 Å². The van der Waals surface area contributed by atoms with E-state index in [0.29, 0.717) is 0 Å². The smallest absolute Gasteiger partial charge is 0.0588 e. The second-order valence-corrected chi connectivity index (χ2v) is 15.4. The van der Waals surface area contributed by atoms with Gasteiger partial charge in [-0.15, -0.1) is 0 Å². The summed E-state index contributed by atoms with van der Waals surface area (Å²) in [6, 6.07) is 69.9. The van der Waals surface area contributed by atoms with Gasteiger partial charge in [-0.2, -0.15) is 0 Å². The zero-order valence-electron chi connectivity index (χ0n) is 32.2. The molecular weight excluding hydrogens is 689 g/mol. The van der Waals surface area contributed by atoms with Crippen LogP contribution in [0.5, 0.6) is 0 Å². The monoisotopic (exact) mass is 730 g/mol. The predicted octanol–water partition coefficient (Wildman–Crippen LogP) is 14.9. The summed E-state index contributed by atoms with van der Waals surface area (Å²) in [5.74, 6) is 0. The molecule has 272 valence electrons. The number of nitrogens with zero attached hydrogens (tertiary/aromatic N) is 2. The van der Waals surface area contributed by atoms with Gasteiger partial charge in [-0.25, -0.2) is 0 Å². The first kappa shape index (κ1) is 34.3. The van der Waals surface area contributed by atoms with Crippen LogP contribution in [0.2, 0.25) is 0 Å². The number of para-hydroxylation sites is 3. The van der Waals surface area contributed by atoms with Crippen LogP contribution in [0.3, 0.4) is 0 Å². The molecule has 2 nitrogen and oxygen atoms in total. The number of fused-ring (bicyclic) bond motifs is 7.